The molecule has 194 valence electrons. The Bertz CT molecular complexity index is 1090. The van der Waals surface area contributed by atoms with E-state index >= 15 is 0 Å². The van der Waals surface area contributed by atoms with Crippen molar-refractivity contribution in [3.8, 4) is 5.75 Å². The fourth-order valence-corrected chi connectivity index (χ4v) is 6.23. The largest absolute Gasteiger partial charge is 0.508 e. The van der Waals surface area contributed by atoms with Gasteiger partial charge in [0.15, 0.2) is 0 Å². The number of rotatable bonds is 5. The molecule has 1 amide bonds. The molecule has 1 fully saturated rings. The molecule has 5 nitrogen and oxygen atoms in total. The normalized spacial score (nSPS) is 23.7. The minimum absolute atomic E-state index is 0.0377. The predicted octanol–water partition coefficient (Wildman–Crippen LogP) is 6.47. The molecule has 1 saturated carbocycles. The highest BCUT2D eigenvalue weighted by Crippen LogP contribution is 2.55. The zero-order valence-electron chi connectivity index (χ0n) is 22.5. The zero-order valence-corrected chi connectivity index (χ0v) is 22.5. The van der Waals surface area contributed by atoms with Crippen molar-refractivity contribution in [1.29, 1.82) is 0 Å². The second-order valence-corrected chi connectivity index (χ2v) is 11.7. The van der Waals surface area contributed by atoms with Crippen LogP contribution in [-0.4, -0.2) is 40.6 Å². The van der Waals surface area contributed by atoms with Gasteiger partial charge in [0.05, 0.1) is 5.92 Å². The second kappa shape index (κ2) is 10.3. The van der Waals surface area contributed by atoms with Crippen LogP contribution in [0.5, 0.6) is 5.75 Å². The third-order valence-corrected chi connectivity index (χ3v) is 8.12. The third kappa shape index (κ3) is 5.45. The Kier molecular flexibility index (Phi) is 7.49. The van der Waals surface area contributed by atoms with Gasteiger partial charge in [-0.2, -0.15) is 0 Å². The molecule has 36 heavy (non-hydrogen) atoms. The Labute approximate surface area is 215 Å². The number of ether oxygens (including phenoxy) is 1. The van der Waals surface area contributed by atoms with Gasteiger partial charge < -0.3 is 14.7 Å². The molecule has 0 aromatic heterocycles. The maximum absolute atomic E-state index is 12.8. The Morgan fingerprint density at radius 2 is 1.67 bits per heavy atom. The lowest BCUT2D eigenvalue weighted by Gasteiger charge is -2.46. The van der Waals surface area contributed by atoms with Gasteiger partial charge in [0.25, 0.3) is 5.91 Å². The van der Waals surface area contributed by atoms with Crippen LogP contribution in [0.25, 0.3) is 0 Å². The third-order valence-electron chi connectivity index (χ3n) is 8.12. The maximum atomic E-state index is 12.8. The molecule has 2 aliphatic rings. The van der Waals surface area contributed by atoms with Crippen LogP contribution in [0.1, 0.15) is 99.7 Å². The quantitative estimate of drug-likeness (QED) is 0.487. The first kappa shape index (κ1) is 26.2. The lowest BCUT2D eigenvalue weighted by atomic mass is 9.58. The second-order valence-electron chi connectivity index (χ2n) is 11.7. The molecular weight excluding hydrogens is 450 g/mol. The molecule has 0 heterocycles. The minimum atomic E-state index is -0.461. The number of aromatic hydroxyl groups is 1. The number of amides is 1. The van der Waals surface area contributed by atoms with Crippen molar-refractivity contribution >= 4 is 11.9 Å². The molecule has 1 N–H and O–H groups in total. The summed E-state index contributed by atoms with van der Waals surface area (Å²) in [6.45, 7) is 11.1. The van der Waals surface area contributed by atoms with Gasteiger partial charge in [-0.25, -0.2) is 0 Å². The summed E-state index contributed by atoms with van der Waals surface area (Å²) in [4.78, 5) is 27.3. The number of carbonyl (C=O) groups is 2. The maximum Gasteiger partial charge on any atom is 0.309 e. The molecule has 2 aromatic carbocycles. The lowest BCUT2D eigenvalue weighted by Crippen LogP contribution is -2.38. The van der Waals surface area contributed by atoms with E-state index in [1.807, 2.05) is 57.7 Å². The van der Waals surface area contributed by atoms with Gasteiger partial charge in [0, 0.05) is 30.1 Å². The number of esters is 1. The molecular formula is C31H41NO4. The van der Waals surface area contributed by atoms with Crippen molar-refractivity contribution in [2.45, 2.75) is 84.7 Å². The standard InChI is InChI=1S/C31H41NO4/c1-6-32(7-2)28(34)22-13-11-21(12-14-22)25-20-31(19-24-9-8-10-26(33)27(24)25)17-15-23(16-18-31)29(35)36-30(3,4)5/h8-14,23,25,33H,6-7,15-20H2,1-5H3. The van der Waals surface area contributed by atoms with E-state index in [-0.39, 0.29) is 29.1 Å². The van der Waals surface area contributed by atoms with Crippen LogP contribution in [0.2, 0.25) is 0 Å². The van der Waals surface area contributed by atoms with Gasteiger partial charge in [-0.15, -0.1) is 0 Å². The van der Waals surface area contributed by atoms with Crippen LogP contribution in [0.15, 0.2) is 42.5 Å². The summed E-state index contributed by atoms with van der Waals surface area (Å²) in [7, 11) is 0. The Balaban J connectivity index is 1.58. The minimum Gasteiger partial charge on any atom is -0.508 e. The van der Waals surface area contributed by atoms with Crippen LogP contribution < -0.4 is 0 Å². The highest BCUT2D eigenvalue weighted by atomic mass is 16.6. The summed E-state index contributed by atoms with van der Waals surface area (Å²) in [5.74, 6) is 0.347. The summed E-state index contributed by atoms with van der Waals surface area (Å²) >= 11 is 0. The summed E-state index contributed by atoms with van der Waals surface area (Å²) in [6, 6.07) is 13.8. The van der Waals surface area contributed by atoms with E-state index in [2.05, 4.69) is 18.2 Å². The Morgan fingerprint density at radius 1 is 1.03 bits per heavy atom. The number of fused-ring (bicyclic) bond motifs is 1. The number of nitrogens with zero attached hydrogens (tertiary/aromatic N) is 1. The van der Waals surface area contributed by atoms with Gasteiger partial charge in [0.1, 0.15) is 11.4 Å². The fourth-order valence-electron chi connectivity index (χ4n) is 6.23. The summed E-state index contributed by atoms with van der Waals surface area (Å²) < 4.78 is 5.68. The topological polar surface area (TPSA) is 66.8 Å². The first-order valence-electron chi connectivity index (χ1n) is 13.5. The van der Waals surface area contributed by atoms with E-state index in [4.69, 9.17) is 4.74 Å². The highest BCUT2D eigenvalue weighted by Gasteiger charge is 2.44. The van der Waals surface area contributed by atoms with Gasteiger partial charge in [-0.1, -0.05) is 24.3 Å². The van der Waals surface area contributed by atoms with Gasteiger partial charge in [0.2, 0.25) is 0 Å². The molecule has 4 rings (SSSR count). The van der Waals surface area contributed by atoms with Crippen molar-refractivity contribution in [1.82, 2.24) is 4.90 Å². The monoisotopic (exact) mass is 491 g/mol. The van der Waals surface area contributed by atoms with Crippen LogP contribution >= 0.6 is 0 Å². The van der Waals surface area contributed by atoms with E-state index in [9.17, 15) is 14.7 Å². The Morgan fingerprint density at radius 3 is 2.25 bits per heavy atom. The summed E-state index contributed by atoms with van der Waals surface area (Å²) in [5, 5.41) is 10.9. The first-order valence-corrected chi connectivity index (χ1v) is 13.5. The number of benzene rings is 2. The molecule has 0 bridgehead atoms. The van der Waals surface area contributed by atoms with E-state index in [0.29, 0.717) is 24.4 Å². The van der Waals surface area contributed by atoms with Crippen LogP contribution in [0.4, 0.5) is 0 Å². The van der Waals surface area contributed by atoms with Crippen molar-refractivity contribution < 1.29 is 19.4 Å². The molecule has 1 unspecified atom stereocenters. The van der Waals surface area contributed by atoms with Crippen molar-refractivity contribution in [2.75, 3.05) is 13.1 Å². The van der Waals surface area contributed by atoms with Crippen LogP contribution in [-0.2, 0) is 16.0 Å². The average molecular weight is 492 g/mol. The zero-order chi connectivity index (χ0) is 26.1. The number of phenolic OH excluding ortho intramolecular Hbond substituents is 1. The van der Waals surface area contributed by atoms with Crippen LogP contribution in [0.3, 0.4) is 0 Å². The molecule has 1 atom stereocenters. The van der Waals surface area contributed by atoms with Gasteiger partial charge >= 0.3 is 5.97 Å². The average Bonchev–Trinajstić information content (AvgIpc) is 2.84. The summed E-state index contributed by atoms with van der Waals surface area (Å²) in [6.07, 6.45) is 5.48. The van der Waals surface area contributed by atoms with E-state index in [0.717, 1.165) is 49.7 Å². The van der Waals surface area contributed by atoms with Gasteiger partial charge in [-0.05, 0) is 108 Å². The van der Waals surface area contributed by atoms with Crippen molar-refractivity contribution in [3.63, 3.8) is 0 Å². The number of hydrogen-bond acceptors (Lipinski definition) is 4. The Hall–Kier alpha value is -2.82. The molecule has 5 heteroatoms. The van der Waals surface area contributed by atoms with Crippen molar-refractivity contribution in [3.05, 3.63) is 64.7 Å². The van der Waals surface area contributed by atoms with Crippen molar-refractivity contribution in [2.24, 2.45) is 11.3 Å². The molecule has 2 aliphatic carbocycles. The molecule has 0 aliphatic heterocycles. The van der Waals surface area contributed by atoms with Gasteiger partial charge in [-0.3, -0.25) is 9.59 Å². The number of hydrogen-bond donors (Lipinski definition) is 1. The SMILES string of the molecule is CCN(CC)C(=O)c1ccc(C2CC3(CCC(C(=O)OC(C)(C)C)CC3)Cc3cccc(O)c32)cc1. The number of phenols is 1. The lowest BCUT2D eigenvalue weighted by molar-refractivity contribution is -0.162. The van der Waals surface area contributed by atoms with E-state index < -0.39 is 5.60 Å². The smallest absolute Gasteiger partial charge is 0.309 e. The molecule has 0 saturated heterocycles. The van der Waals surface area contributed by atoms with E-state index in [1.54, 1.807) is 6.07 Å². The molecule has 2 aromatic rings. The first-order chi connectivity index (χ1) is 17.1. The highest BCUT2D eigenvalue weighted by molar-refractivity contribution is 5.94. The van der Waals surface area contributed by atoms with Crippen LogP contribution in [0, 0.1) is 11.3 Å². The summed E-state index contributed by atoms with van der Waals surface area (Å²) in [5.41, 5.74) is 3.67. The predicted molar refractivity (Wildman–Crippen MR) is 142 cm³/mol. The van der Waals surface area contributed by atoms with E-state index in [1.165, 1.54) is 5.56 Å². The number of carbonyl (C=O) groups excluding carboxylic acids is 2. The molecule has 0 radical (unpaired) electrons. The molecule has 1 spiro atoms. The fraction of sp³-hybridized carbons (Fsp3) is 0.548.